The van der Waals surface area contributed by atoms with E-state index in [0.29, 0.717) is 6.61 Å². The molecular weight excluding hydrogens is 464 g/mol. The maximum absolute atomic E-state index is 14.7. The first kappa shape index (κ1) is 21.7. The van der Waals surface area contributed by atoms with Crippen LogP contribution >= 0.6 is 15.9 Å². The highest BCUT2D eigenvalue weighted by atomic mass is 79.9. The quantitative estimate of drug-likeness (QED) is 0.281. The number of hydrogen-bond donors (Lipinski definition) is 0. The van der Waals surface area contributed by atoms with Gasteiger partial charge in [0.15, 0.2) is 11.6 Å². The minimum atomic E-state index is -0.636. The molecule has 0 bridgehead atoms. The van der Waals surface area contributed by atoms with Crippen LogP contribution in [-0.4, -0.2) is 21.1 Å². The van der Waals surface area contributed by atoms with Gasteiger partial charge in [-0.2, -0.15) is 0 Å². The number of aromatic nitrogens is 3. The highest BCUT2D eigenvalue weighted by Crippen LogP contribution is 2.33. The van der Waals surface area contributed by atoms with Crippen LogP contribution < -0.4 is 4.74 Å². The van der Waals surface area contributed by atoms with Crippen LogP contribution in [0.3, 0.4) is 0 Å². The Balaban J connectivity index is 1.42. The normalized spacial score (nSPS) is 12.1. The minimum absolute atomic E-state index is 0.0570. The van der Waals surface area contributed by atoms with Crippen molar-refractivity contribution in [2.75, 3.05) is 6.61 Å². The molecule has 0 saturated heterocycles. The van der Waals surface area contributed by atoms with Crippen LogP contribution in [0.25, 0.3) is 21.9 Å². The first-order valence-electron chi connectivity index (χ1n) is 10.3. The molecule has 2 aromatic heterocycles. The predicted molar refractivity (Wildman–Crippen MR) is 123 cm³/mol. The number of hydrogen-bond acceptors (Lipinski definition) is 3. The van der Waals surface area contributed by atoms with Crippen molar-refractivity contribution < 1.29 is 13.5 Å². The van der Waals surface area contributed by atoms with Gasteiger partial charge in [0.05, 0.1) is 30.2 Å². The van der Waals surface area contributed by atoms with Gasteiger partial charge in [0, 0.05) is 22.0 Å². The molecule has 0 unspecified atom stereocenters. The van der Waals surface area contributed by atoms with Crippen molar-refractivity contribution >= 4 is 37.9 Å². The van der Waals surface area contributed by atoms with Crippen LogP contribution in [0, 0.1) is 11.6 Å². The van der Waals surface area contributed by atoms with Crippen LogP contribution in [0.15, 0.2) is 47.3 Å². The Kier molecular flexibility index (Phi) is 5.97. The minimum Gasteiger partial charge on any atom is -0.491 e. The number of halogens is 3. The third-order valence-corrected chi connectivity index (χ3v) is 5.76. The van der Waals surface area contributed by atoms with Gasteiger partial charge in [-0.1, -0.05) is 36.7 Å². The van der Waals surface area contributed by atoms with Gasteiger partial charge in [0.2, 0.25) is 0 Å². The maximum Gasteiger partial charge on any atom is 0.171 e. The van der Waals surface area contributed by atoms with Crippen molar-refractivity contribution in [2.24, 2.45) is 0 Å². The smallest absolute Gasteiger partial charge is 0.171 e. The lowest BCUT2D eigenvalue weighted by Gasteiger charge is -2.22. The molecule has 0 aliphatic rings. The van der Waals surface area contributed by atoms with Gasteiger partial charge >= 0.3 is 0 Å². The monoisotopic (exact) mass is 487 g/mol. The standard InChI is InChI=1S/C24H24BrF2N3O/c1-24(2,3)21-17(26)7-9-20(22(21)27)31-11-5-4-10-30-14-29-19-13-28-18-8-6-15(25)12-16(18)23(19)30/h6-9,12-14H,4-5,10-11H2,1-3H3. The summed E-state index contributed by atoms with van der Waals surface area (Å²) in [6.45, 7) is 6.46. The van der Waals surface area contributed by atoms with Gasteiger partial charge < -0.3 is 9.30 Å². The van der Waals surface area contributed by atoms with Crippen molar-refractivity contribution in [1.82, 2.24) is 14.5 Å². The molecule has 0 radical (unpaired) electrons. The van der Waals surface area contributed by atoms with Gasteiger partial charge in [-0.3, -0.25) is 4.98 Å². The lowest BCUT2D eigenvalue weighted by molar-refractivity contribution is 0.285. The second-order valence-corrected chi connectivity index (χ2v) is 9.55. The number of imidazole rings is 1. The van der Waals surface area contributed by atoms with E-state index in [-0.39, 0.29) is 11.3 Å². The fraction of sp³-hybridized carbons (Fsp3) is 0.333. The van der Waals surface area contributed by atoms with Crippen molar-refractivity contribution in [3.63, 3.8) is 0 Å². The van der Waals surface area contributed by atoms with Crippen molar-refractivity contribution in [3.8, 4) is 5.75 Å². The summed E-state index contributed by atoms with van der Waals surface area (Å²) in [6, 6.07) is 8.64. The van der Waals surface area contributed by atoms with Crippen LogP contribution in [0.1, 0.15) is 39.2 Å². The lowest BCUT2D eigenvalue weighted by Crippen LogP contribution is -2.17. The first-order chi connectivity index (χ1) is 14.8. The Labute approximate surface area is 188 Å². The fourth-order valence-electron chi connectivity index (χ4n) is 3.79. The molecule has 0 N–H and O–H groups in total. The topological polar surface area (TPSA) is 39.9 Å². The number of fused-ring (bicyclic) bond motifs is 3. The van der Waals surface area contributed by atoms with Crippen LogP contribution in [0.4, 0.5) is 8.78 Å². The van der Waals surface area contributed by atoms with E-state index in [1.807, 2.05) is 18.5 Å². The molecule has 0 atom stereocenters. The van der Waals surface area contributed by atoms with Crippen LogP contribution in [0.5, 0.6) is 5.75 Å². The lowest BCUT2D eigenvalue weighted by atomic mass is 9.86. The van der Waals surface area contributed by atoms with Crippen molar-refractivity contribution in [2.45, 2.75) is 45.6 Å². The Hall–Kier alpha value is -2.54. The molecule has 0 aliphatic carbocycles. The molecule has 4 nitrogen and oxygen atoms in total. The molecule has 0 fully saturated rings. The Morgan fingerprint density at radius 1 is 1.03 bits per heavy atom. The second-order valence-electron chi connectivity index (χ2n) is 8.63. The summed E-state index contributed by atoms with van der Waals surface area (Å²) < 4.78 is 37.6. The molecule has 0 aliphatic heterocycles. The molecule has 2 heterocycles. The summed E-state index contributed by atoms with van der Waals surface area (Å²) in [5.41, 5.74) is 2.24. The summed E-state index contributed by atoms with van der Waals surface area (Å²) in [5.74, 6) is -1.06. The summed E-state index contributed by atoms with van der Waals surface area (Å²) in [5, 5.41) is 1.05. The molecule has 0 amide bonds. The maximum atomic E-state index is 14.7. The molecule has 4 aromatic rings. The number of unbranched alkanes of at least 4 members (excludes halogenated alkanes) is 1. The van der Waals surface area contributed by atoms with Gasteiger partial charge in [-0.15, -0.1) is 0 Å². The van der Waals surface area contributed by atoms with Crippen molar-refractivity contribution in [3.05, 3.63) is 64.5 Å². The third kappa shape index (κ3) is 4.42. The number of nitrogens with zero attached hydrogens (tertiary/aromatic N) is 3. The summed E-state index contributed by atoms with van der Waals surface area (Å²) in [4.78, 5) is 8.93. The number of benzene rings is 2. The highest BCUT2D eigenvalue weighted by Gasteiger charge is 2.25. The molecular formula is C24H24BrF2N3O. The van der Waals surface area contributed by atoms with E-state index in [2.05, 4.69) is 36.5 Å². The molecule has 162 valence electrons. The molecule has 31 heavy (non-hydrogen) atoms. The number of aryl methyl sites for hydroxylation is 1. The van der Waals surface area contributed by atoms with Crippen LogP contribution in [-0.2, 0) is 12.0 Å². The highest BCUT2D eigenvalue weighted by molar-refractivity contribution is 9.10. The van der Waals surface area contributed by atoms with Crippen molar-refractivity contribution in [1.29, 1.82) is 0 Å². The Morgan fingerprint density at radius 2 is 1.84 bits per heavy atom. The predicted octanol–water partition coefficient (Wildman–Crippen LogP) is 6.78. The largest absolute Gasteiger partial charge is 0.491 e. The van der Waals surface area contributed by atoms with Gasteiger partial charge in [-0.25, -0.2) is 13.8 Å². The SMILES string of the molecule is CC(C)(C)c1c(F)ccc(OCCCCn2cnc3cnc4ccc(Br)cc4c32)c1F. The van der Waals surface area contributed by atoms with E-state index in [0.717, 1.165) is 45.8 Å². The van der Waals surface area contributed by atoms with E-state index in [1.54, 1.807) is 27.0 Å². The summed E-state index contributed by atoms with van der Waals surface area (Å²) in [7, 11) is 0. The van der Waals surface area contributed by atoms with E-state index in [4.69, 9.17) is 4.74 Å². The Morgan fingerprint density at radius 3 is 2.61 bits per heavy atom. The molecule has 2 aromatic carbocycles. The average molecular weight is 488 g/mol. The summed E-state index contributed by atoms with van der Waals surface area (Å²) >= 11 is 3.53. The van der Waals surface area contributed by atoms with E-state index < -0.39 is 17.0 Å². The average Bonchev–Trinajstić information content (AvgIpc) is 3.12. The zero-order chi connectivity index (χ0) is 22.2. The Bertz CT molecular complexity index is 1250. The zero-order valence-electron chi connectivity index (χ0n) is 17.8. The van der Waals surface area contributed by atoms with E-state index >= 15 is 0 Å². The van der Waals surface area contributed by atoms with Crippen LogP contribution in [0.2, 0.25) is 0 Å². The second kappa shape index (κ2) is 8.54. The molecule has 0 saturated carbocycles. The first-order valence-corrected chi connectivity index (χ1v) is 11.1. The number of pyridine rings is 1. The van der Waals surface area contributed by atoms with E-state index in [9.17, 15) is 8.78 Å². The van der Waals surface area contributed by atoms with E-state index in [1.165, 1.54) is 12.1 Å². The number of rotatable bonds is 6. The van der Waals surface area contributed by atoms with Gasteiger partial charge in [0.25, 0.3) is 0 Å². The zero-order valence-corrected chi connectivity index (χ0v) is 19.3. The number of ether oxygens (including phenoxy) is 1. The molecule has 4 rings (SSSR count). The molecule has 0 spiro atoms. The third-order valence-electron chi connectivity index (χ3n) is 5.26. The van der Waals surface area contributed by atoms with Gasteiger partial charge in [-0.05, 0) is 48.6 Å². The van der Waals surface area contributed by atoms with Gasteiger partial charge in [0.1, 0.15) is 11.3 Å². The fourth-order valence-corrected chi connectivity index (χ4v) is 4.16. The summed E-state index contributed by atoms with van der Waals surface area (Å²) in [6.07, 6.45) is 5.17. The molecule has 7 heteroatoms.